The van der Waals surface area contributed by atoms with E-state index in [9.17, 15) is 15.2 Å². The molecule has 24 heavy (non-hydrogen) atoms. The maximum absolute atomic E-state index is 11.2. The van der Waals surface area contributed by atoms with Crippen molar-refractivity contribution in [2.45, 2.75) is 37.5 Å². The summed E-state index contributed by atoms with van der Waals surface area (Å²) < 4.78 is 17.1. The van der Waals surface area contributed by atoms with Gasteiger partial charge in [0, 0.05) is 12.0 Å². The fourth-order valence-electron chi connectivity index (χ4n) is 3.57. The molecule has 1 N–H and O–H groups in total. The van der Waals surface area contributed by atoms with Gasteiger partial charge in [-0.3, -0.25) is 4.79 Å². The predicted molar refractivity (Wildman–Crippen MR) is 85.5 cm³/mol. The van der Waals surface area contributed by atoms with Gasteiger partial charge in [0.1, 0.15) is 0 Å². The molecule has 0 saturated heterocycles. The number of ether oxygens (including phenoxy) is 3. The van der Waals surface area contributed by atoms with Crippen molar-refractivity contribution in [3.8, 4) is 23.3 Å². The van der Waals surface area contributed by atoms with Gasteiger partial charge in [-0.25, -0.2) is 0 Å². The van der Waals surface area contributed by atoms with E-state index >= 15 is 0 Å². The first-order chi connectivity index (χ1) is 11.6. The van der Waals surface area contributed by atoms with Crippen LogP contribution in [0, 0.1) is 17.2 Å². The highest BCUT2D eigenvalue weighted by Gasteiger charge is 2.42. The molecule has 0 unspecified atom stereocenters. The molecule has 3 rings (SSSR count). The number of hydrogen-bond donors (Lipinski definition) is 1. The summed E-state index contributed by atoms with van der Waals surface area (Å²) in [5, 5.41) is 19.1. The number of carboxylic acid groups (broad SMARTS) is 1. The van der Waals surface area contributed by atoms with Crippen LogP contribution in [0.5, 0.6) is 17.2 Å². The van der Waals surface area contributed by atoms with Crippen molar-refractivity contribution in [3.05, 3.63) is 17.7 Å². The van der Waals surface area contributed by atoms with E-state index in [1.54, 1.807) is 13.2 Å². The van der Waals surface area contributed by atoms with Gasteiger partial charge in [0.2, 0.25) is 5.75 Å². The van der Waals surface area contributed by atoms with E-state index in [4.69, 9.17) is 14.2 Å². The molecule has 6 heteroatoms. The Bertz CT molecular complexity index is 671. The lowest BCUT2D eigenvalue weighted by molar-refractivity contribution is -0.143. The number of benzene rings is 1. The highest BCUT2D eigenvalue weighted by Crippen LogP contribution is 2.50. The Balaban J connectivity index is 2.02. The first-order valence-corrected chi connectivity index (χ1v) is 8.22. The highest BCUT2D eigenvalue weighted by molar-refractivity contribution is 5.70. The molecule has 128 valence electrons. The number of fused-ring (bicyclic) bond motifs is 1. The largest absolute Gasteiger partial charge is 0.493 e. The van der Waals surface area contributed by atoms with Gasteiger partial charge >= 0.3 is 5.97 Å². The second kappa shape index (κ2) is 6.60. The molecule has 0 bridgehead atoms. The summed E-state index contributed by atoms with van der Waals surface area (Å²) in [6.07, 6.45) is 2.75. The van der Waals surface area contributed by atoms with Crippen molar-refractivity contribution in [2.24, 2.45) is 5.92 Å². The van der Waals surface area contributed by atoms with Gasteiger partial charge in [0.05, 0.1) is 37.7 Å². The summed E-state index contributed by atoms with van der Waals surface area (Å²) in [5.41, 5.74) is 0.0438. The number of carbonyl (C=O) groups is 1. The normalized spacial score (nSPS) is 26.1. The molecule has 1 aromatic carbocycles. The molecule has 0 radical (unpaired) electrons. The standard InChI is InChI=1S/C18H21NO5/c1-22-14-4-3-13(15-16(14)24-10-2-9-23-15)18(11-19)7-5-12(6-8-18)17(20)21/h3-4,12H,2,5-10H2,1H3,(H,20,21)/t12-,18-. The van der Waals surface area contributed by atoms with Crippen molar-refractivity contribution in [3.63, 3.8) is 0 Å². The Morgan fingerprint density at radius 1 is 1.29 bits per heavy atom. The maximum Gasteiger partial charge on any atom is 0.306 e. The topological polar surface area (TPSA) is 88.8 Å². The van der Waals surface area contributed by atoms with E-state index < -0.39 is 11.4 Å². The second-order valence-corrected chi connectivity index (χ2v) is 6.33. The Morgan fingerprint density at radius 3 is 2.54 bits per heavy atom. The van der Waals surface area contributed by atoms with Crippen LogP contribution in [0.3, 0.4) is 0 Å². The minimum absolute atomic E-state index is 0.375. The van der Waals surface area contributed by atoms with Gasteiger partial charge in [0.25, 0.3) is 0 Å². The quantitative estimate of drug-likeness (QED) is 0.916. The zero-order valence-corrected chi connectivity index (χ0v) is 13.7. The van der Waals surface area contributed by atoms with Gasteiger partial charge in [-0.15, -0.1) is 0 Å². The fraction of sp³-hybridized carbons (Fsp3) is 0.556. The zero-order chi connectivity index (χ0) is 17.2. The summed E-state index contributed by atoms with van der Waals surface area (Å²) in [5.74, 6) is 0.544. The highest BCUT2D eigenvalue weighted by atomic mass is 16.5. The molecule has 1 aromatic rings. The Labute approximate surface area is 140 Å². The van der Waals surface area contributed by atoms with E-state index in [0.717, 1.165) is 12.0 Å². The molecular weight excluding hydrogens is 310 g/mol. The third-order valence-electron chi connectivity index (χ3n) is 5.00. The van der Waals surface area contributed by atoms with Crippen LogP contribution in [0.4, 0.5) is 0 Å². The van der Waals surface area contributed by atoms with Crippen molar-refractivity contribution < 1.29 is 24.1 Å². The molecular formula is C18H21NO5. The molecule has 1 aliphatic carbocycles. The van der Waals surface area contributed by atoms with Crippen LogP contribution in [-0.2, 0) is 10.2 Å². The molecule has 0 spiro atoms. The van der Waals surface area contributed by atoms with Gasteiger partial charge in [-0.2, -0.15) is 5.26 Å². The van der Waals surface area contributed by atoms with E-state index in [1.807, 2.05) is 6.07 Å². The average Bonchev–Trinajstić information content (AvgIpc) is 2.87. The van der Waals surface area contributed by atoms with Gasteiger partial charge in [0.15, 0.2) is 11.5 Å². The van der Waals surface area contributed by atoms with Crippen LogP contribution in [0.25, 0.3) is 0 Å². The molecule has 1 heterocycles. The summed E-state index contributed by atoms with van der Waals surface area (Å²) in [6.45, 7) is 1.06. The molecule has 1 fully saturated rings. The summed E-state index contributed by atoms with van der Waals surface area (Å²) in [4.78, 5) is 11.2. The first-order valence-electron chi connectivity index (χ1n) is 8.22. The Morgan fingerprint density at radius 2 is 1.96 bits per heavy atom. The molecule has 0 amide bonds. The van der Waals surface area contributed by atoms with Crippen molar-refractivity contribution in [1.82, 2.24) is 0 Å². The monoisotopic (exact) mass is 331 g/mol. The van der Waals surface area contributed by atoms with E-state index in [-0.39, 0.29) is 5.92 Å². The summed E-state index contributed by atoms with van der Waals surface area (Å²) in [6, 6.07) is 6.09. The van der Waals surface area contributed by atoms with Crippen LogP contribution in [0.2, 0.25) is 0 Å². The van der Waals surface area contributed by atoms with Crippen LogP contribution >= 0.6 is 0 Å². The van der Waals surface area contributed by atoms with E-state index in [1.165, 1.54) is 0 Å². The number of rotatable bonds is 3. The SMILES string of the molecule is COc1ccc([C@]2(C#N)CC[C@@H](C(=O)O)CC2)c2c1OCCCO2. The van der Waals surface area contributed by atoms with E-state index in [0.29, 0.717) is 56.1 Å². The average molecular weight is 331 g/mol. The maximum atomic E-state index is 11.2. The van der Waals surface area contributed by atoms with Gasteiger partial charge < -0.3 is 19.3 Å². The van der Waals surface area contributed by atoms with Crippen LogP contribution in [0.15, 0.2) is 12.1 Å². The van der Waals surface area contributed by atoms with Crippen molar-refractivity contribution in [1.29, 1.82) is 5.26 Å². The first kappa shape index (κ1) is 16.4. The van der Waals surface area contributed by atoms with Crippen molar-refractivity contribution in [2.75, 3.05) is 20.3 Å². The minimum Gasteiger partial charge on any atom is -0.493 e. The lowest BCUT2D eigenvalue weighted by Gasteiger charge is -2.35. The summed E-state index contributed by atoms with van der Waals surface area (Å²) in [7, 11) is 1.57. The predicted octanol–water partition coefficient (Wildman–Crippen LogP) is 2.89. The molecule has 0 atom stereocenters. The van der Waals surface area contributed by atoms with Gasteiger partial charge in [-0.1, -0.05) is 0 Å². The Kier molecular flexibility index (Phi) is 4.52. The number of nitrogens with zero attached hydrogens (tertiary/aromatic N) is 1. The number of aliphatic carboxylic acids is 1. The molecule has 1 aliphatic heterocycles. The molecule has 1 saturated carbocycles. The smallest absolute Gasteiger partial charge is 0.306 e. The van der Waals surface area contributed by atoms with E-state index in [2.05, 4.69) is 6.07 Å². The number of hydrogen-bond acceptors (Lipinski definition) is 5. The van der Waals surface area contributed by atoms with Crippen LogP contribution in [-0.4, -0.2) is 31.4 Å². The third kappa shape index (κ3) is 2.75. The third-order valence-corrected chi connectivity index (χ3v) is 5.00. The summed E-state index contributed by atoms with van der Waals surface area (Å²) >= 11 is 0. The van der Waals surface area contributed by atoms with Crippen LogP contribution < -0.4 is 14.2 Å². The lowest BCUT2D eigenvalue weighted by atomic mass is 9.67. The van der Waals surface area contributed by atoms with Gasteiger partial charge in [-0.05, 0) is 37.8 Å². The van der Waals surface area contributed by atoms with Crippen molar-refractivity contribution >= 4 is 5.97 Å². The number of carboxylic acids is 1. The zero-order valence-electron chi connectivity index (χ0n) is 13.7. The fourth-order valence-corrected chi connectivity index (χ4v) is 3.57. The van der Waals surface area contributed by atoms with Crippen LogP contribution in [0.1, 0.15) is 37.7 Å². The minimum atomic E-state index is -0.783. The number of nitriles is 1. The lowest BCUT2D eigenvalue weighted by Crippen LogP contribution is -2.33. The molecule has 2 aliphatic rings. The Hall–Kier alpha value is -2.42. The second-order valence-electron chi connectivity index (χ2n) is 6.33. The molecule has 6 nitrogen and oxygen atoms in total. The molecule has 0 aromatic heterocycles. The number of methoxy groups -OCH3 is 1.